The summed E-state index contributed by atoms with van der Waals surface area (Å²) >= 11 is 0. The van der Waals surface area contributed by atoms with Crippen LogP contribution in [0.2, 0.25) is 0 Å². The smallest absolute Gasteiger partial charge is 0.303 e. The van der Waals surface area contributed by atoms with Crippen molar-refractivity contribution < 1.29 is 25.2 Å². The van der Waals surface area contributed by atoms with Gasteiger partial charge in [0, 0.05) is 6.42 Å². The van der Waals surface area contributed by atoms with Crippen molar-refractivity contribution in [2.45, 2.75) is 96.9 Å². The molecular formula is C24H40O5. The average Bonchev–Trinajstić information content (AvgIpc) is 3.01. The van der Waals surface area contributed by atoms with Crippen LogP contribution in [0.3, 0.4) is 0 Å². The van der Waals surface area contributed by atoms with Gasteiger partial charge in [0.05, 0.1) is 18.3 Å². The van der Waals surface area contributed by atoms with Gasteiger partial charge in [0.1, 0.15) is 0 Å². The van der Waals surface area contributed by atoms with Crippen molar-refractivity contribution in [3.05, 3.63) is 0 Å². The topological polar surface area (TPSA) is 98.0 Å². The molecule has 29 heavy (non-hydrogen) atoms. The van der Waals surface area contributed by atoms with E-state index in [4.69, 9.17) is 5.11 Å². The molecule has 4 aliphatic carbocycles. The fourth-order valence-corrected chi connectivity index (χ4v) is 8.68. The molecule has 0 aliphatic heterocycles. The summed E-state index contributed by atoms with van der Waals surface area (Å²) in [6.07, 6.45) is 6.00. The van der Waals surface area contributed by atoms with E-state index in [1.165, 1.54) is 0 Å². The molecule has 4 fully saturated rings. The predicted octanol–water partition coefficient (Wildman–Crippen LogP) is 3.45. The van der Waals surface area contributed by atoms with E-state index in [1.54, 1.807) is 0 Å². The molecule has 0 aromatic rings. The highest BCUT2D eigenvalue weighted by molar-refractivity contribution is 5.66. The molecule has 0 bridgehead atoms. The number of rotatable bonds is 4. The first kappa shape index (κ1) is 21.6. The molecule has 4 aliphatic rings. The second-order valence-electron chi connectivity index (χ2n) is 11.4. The third-order valence-electron chi connectivity index (χ3n) is 10.3. The number of hydrogen-bond donors (Lipinski definition) is 4. The number of carboxylic acid groups (broad SMARTS) is 1. The molecule has 4 rings (SSSR count). The van der Waals surface area contributed by atoms with Crippen LogP contribution in [0.5, 0.6) is 0 Å². The summed E-state index contributed by atoms with van der Waals surface area (Å²) in [6.45, 7) is 6.72. The third kappa shape index (κ3) is 3.27. The summed E-state index contributed by atoms with van der Waals surface area (Å²) in [6, 6.07) is 0. The van der Waals surface area contributed by atoms with Gasteiger partial charge in [0.2, 0.25) is 0 Å². The van der Waals surface area contributed by atoms with Gasteiger partial charge >= 0.3 is 5.97 Å². The number of carboxylic acids is 1. The van der Waals surface area contributed by atoms with Crippen LogP contribution in [0, 0.1) is 46.3 Å². The SMILES string of the molecule is C[C@H](CCC(=O)O)[C@H]1CCC2[C@@H]3C(O)C[C@@H]4C[C@H](O)CCC4(C)C3CC(O)C21C. The van der Waals surface area contributed by atoms with E-state index in [0.29, 0.717) is 30.1 Å². The van der Waals surface area contributed by atoms with E-state index in [9.17, 15) is 20.1 Å². The lowest BCUT2D eigenvalue weighted by Gasteiger charge is -2.63. The predicted molar refractivity (Wildman–Crippen MR) is 110 cm³/mol. The summed E-state index contributed by atoms with van der Waals surface area (Å²) in [4.78, 5) is 11.1. The fourth-order valence-electron chi connectivity index (χ4n) is 8.68. The van der Waals surface area contributed by atoms with Gasteiger partial charge in [0.25, 0.3) is 0 Å². The number of aliphatic hydroxyl groups is 3. The van der Waals surface area contributed by atoms with Crippen molar-refractivity contribution in [1.29, 1.82) is 0 Å². The number of hydrogen-bond acceptors (Lipinski definition) is 4. The molecule has 0 aromatic carbocycles. The van der Waals surface area contributed by atoms with Crippen LogP contribution in [0.15, 0.2) is 0 Å². The van der Waals surface area contributed by atoms with Gasteiger partial charge in [-0.3, -0.25) is 4.79 Å². The molecule has 0 saturated heterocycles. The Balaban J connectivity index is 1.61. The molecule has 0 spiro atoms. The molecule has 4 N–H and O–H groups in total. The standard InChI is InChI=1S/C24H40O5/c1-13(4-7-21(28)29)16-5-6-17-22-18(12-20(27)24(16,17)3)23(2)9-8-15(25)10-14(23)11-19(22)26/h13-20,22,25-27H,4-12H2,1-3H3,(H,28,29)/t13-,14+,15-,16-,17?,18?,19?,20?,22+,23?,24?/m1/s1. The van der Waals surface area contributed by atoms with Crippen LogP contribution in [0.4, 0.5) is 0 Å². The Morgan fingerprint density at radius 3 is 2.45 bits per heavy atom. The van der Waals surface area contributed by atoms with Crippen molar-refractivity contribution in [1.82, 2.24) is 0 Å². The number of fused-ring (bicyclic) bond motifs is 5. The summed E-state index contributed by atoms with van der Waals surface area (Å²) in [5, 5.41) is 42.0. The van der Waals surface area contributed by atoms with Gasteiger partial charge in [-0.25, -0.2) is 0 Å². The van der Waals surface area contributed by atoms with E-state index in [2.05, 4.69) is 20.8 Å². The van der Waals surface area contributed by atoms with Crippen LogP contribution < -0.4 is 0 Å². The zero-order chi connectivity index (χ0) is 21.1. The average molecular weight is 409 g/mol. The van der Waals surface area contributed by atoms with Crippen molar-refractivity contribution in [2.75, 3.05) is 0 Å². The molecule has 0 radical (unpaired) electrons. The van der Waals surface area contributed by atoms with Crippen LogP contribution in [-0.2, 0) is 4.79 Å². The second-order valence-corrected chi connectivity index (χ2v) is 11.4. The molecule has 6 unspecified atom stereocenters. The van der Waals surface area contributed by atoms with Crippen molar-refractivity contribution in [3.63, 3.8) is 0 Å². The minimum Gasteiger partial charge on any atom is -0.481 e. The quantitative estimate of drug-likeness (QED) is 0.571. The Hall–Kier alpha value is -0.650. The van der Waals surface area contributed by atoms with Gasteiger partial charge < -0.3 is 20.4 Å². The largest absolute Gasteiger partial charge is 0.481 e. The van der Waals surface area contributed by atoms with Gasteiger partial charge in [-0.05, 0) is 97.7 Å². The summed E-state index contributed by atoms with van der Waals surface area (Å²) in [7, 11) is 0. The highest BCUT2D eigenvalue weighted by atomic mass is 16.4. The Kier molecular flexibility index (Phi) is 5.57. The second kappa shape index (κ2) is 7.49. The maximum absolute atomic E-state index is 11.5. The summed E-state index contributed by atoms with van der Waals surface area (Å²) in [5.41, 5.74) is -0.143. The first-order valence-electron chi connectivity index (χ1n) is 11.8. The molecule has 4 saturated carbocycles. The Morgan fingerprint density at radius 1 is 1.03 bits per heavy atom. The van der Waals surface area contributed by atoms with E-state index in [0.717, 1.165) is 44.9 Å². The lowest BCUT2D eigenvalue weighted by Crippen LogP contribution is -2.62. The summed E-state index contributed by atoms with van der Waals surface area (Å²) < 4.78 is 0. The van der Waals surface area contributed by atoms with Gasteiger partial charge in [-0.1, -0.05) is 20.8 Å². The third-order valence-corrected chi connectivity index (χ3v) is 10.3. The first-order valence-corrected chi connectivity index (χ1v) is 11.8. The van der Waals surface area contributed by atoms with E-state index < -0.39 is 12.1 Å². The van der Waals surface area contributed by atoms with Gasteiger partial charge in [-0.15, -0.1) is 0 Å². The number of aliphatic carboxylic acids is 1. The first-order chi connectivity index (χ1) is 13.6. The van der Waals surface area contributed by atoms with Gasteiger partial charge in [0.15, 0.2) is 0 Å². The fraction of sp³-hybridized carbons (Fsp3) is 0.958. The molecule has 5 heteroatoms. The zero-order valence-electron chi connectivity index (χ0n) is 18.3. The molecule has 5 nitrogen and oxygen atoms in total. The van der Waals surface area contributed by atoms with E-state index in [-0.39, 0.29) is 41.3 Å². The minimum atomic E-state index is -0.748. The van der Waals surface area contributed by atoms with E-state index in [1.807, 2.05) is 0 Å². The van der Waals surface area contributed by atoms with E-state index >= 15 is 0 Å². The highest BCUT2D eigenvalue weighted by Crippen LogP contribution is 2.68. The van der Waals surface area contributed by atoms with Crippen molar-refractivity contribution >= 4 is 5.97 Å². The molecule has 0 aromatic heterocycles. The summed E-state index contributed by atoms with van der Waals surface area (Å²) in [5.74, 6) is 0.997. The lowest BCUT2D eigenvalue weighted by atomic mass is 9.43. The molecule has 166 valence electrons. The lowest BCUT2D eigenvalue weighted by molar-refractivity contribution is -0.207. The molecular weight excluding hydrogens is 368 g/mol. The normalized spacial score (nSPS) is 52.9. The Labute approximate surface area is 174 Å². The Bertz CT molecular complexity index is 637. The molecule has 0 amide bonds. The minimum absolute atomic E-state index is 0.0957. The number of aliphatic hydroxyl groups excluding tert-OH is 3. The van der Waals surface area contributed by atoms with Crippen LogP contribution in [-0.4, -0.2) is 44.7 Å². The Morgan fingerprint density at radius 2 is 1.76 bits per heavy atom. The van der Waals surface area contributed by atoms with Crippen molar-refractivity contribution in [2.24, 2.45) is 46.3 Å². The zero-order valence-corrected chi connectivity index (χ0v) is 18.3. The van der Waals surface area contributed by atoms with Crippen molar-refractivity contribution in [3.8, 4) is 0 Å². The highest BCUT2D eigenvalue weighted by Gasteiger charge is 2.65. The number of carbonyl (C=O) groups is 1. The maximum atomic E-state index is 11.5. The van der Waals surface area contributed by atoms with Crippen LogP contribution in [0.25, 0.3) is 0 Å². The van der Waals surface area contributed by atoms with Crippen LogP contribution >= 0.6 is 0 Å². The maximum Gasteiger partial charge on any atom is 0.303 e. The van der Waals surface area contributed by atoms with Gasteiger partial charge in [-0.2, -0.15) is 0 Å². The molecule has 0 heterocycles. The molecule has 11 atom stereocenters. The van der Waals surface area contributed by atoms with Crippen LogP contribution in [0.1, 0.15) is 78.6 Å². The monoisotopic (exact) mass is 408 g/mol.